The Labute approximate surface area is 149 Å². The van der Waals surface area contributed by atoms with Gasteiger partial charge in [0.15, 0.2) is 0 Å². The Balaban J connectivity index is 2.26. The molecule has 1 N–H and O–H groups in total. The van der Waals surface area contributed by atoms with E-state index in [0.717, 1.165) is 37.2 Å². The smallest absolute Gasteiger partial charge is 0.143 e. The Hall–Kier alpha value is -0.560. The number of benzene rings is 2. The number of ether oxygens (including phenoxy) is 2. The predicted molar refractivity (Wildman–Crippen MR) is 95.4 cm³/mol. The van der Waals surface area contributed by atoms with Gasteiger partial charge in [-0.05, 0) is 68.7 Å². The van der Waals surface area contributed by atoms with E-state index < -0.39 is 0 Å². The van der Waals surface area contributed by atoms with Crippen molar-refractivity contribution in [1.82, 2.24) is 5.32 Å². The minimum Gasteiger partial charge on any atom is -0.496 e. The topological polar surface area (TPSA) is 30.5 Å². The Morgan fingerprint density at radius 2 is 1.62 bits per heavy atom. The maximum atomic E-state index is 5.92. The van der Waals surface area contributed by atoms with Crippen molar-refractivity contribution in [3.63, 3.8) is 0 Å². The normalized spacial score (nSPS) is 10.5. The number of hydrogen-bond acceptors (Lipinski definition) is 3. The first-order valence-corrected chi connectivity index (χ1v) is 8.57. The molecule has 0 atom stereocenters. The zero-order valence-corrected chi connectivity index (χ0v) is 16.3. The van der Waals surface area contributed by atoms with E-state index in [1.165, 1.54) is 5.56 Å². The summed E-state index contributed by atoms with van der Waals surface area (Å²) in [5.74, 6) is 2.23. The summed E-state index contributed by atoms with van der Waals surface area (Å²) in [6.45, 7) is 0.804. The van der Waals surface area contributed by atoms with Gasteiger partial charge in [-0.15, -0.1) is 0 Å². The first-order valence-electron chi connectivity index (χ1n) is 6.19. The molecule has 0 aliphatic rings. The third-order valence-electron chi connectivity index (χ3n) is 2.83. The van der Waals surface area contributed by atoms with Gasteiger partial charge in [0.2, 0.25) is 0 Å². The van der Waals surface area contributed by atoms with Crippen LogP contribution < -0.4 is 14.8 Å². The van der Waals surface area contributed by atoms with Crippen molar-refractivity contribution in [3.05, 3.63) is 49.3 Å². The van der Waals surface area contributed by atoms with Gasteiger partial charge >= 0.3 is 0 Å². The lowest BCUT2D eigenvalue weighted by atomic mass is 10.2. The van der Waals surface area contributed by atoms with Crippen LogP contribution in [0.15, 0.2) is 43.7 Å². The van der Waals surface area contributed by atoms with E-state index >= 15 is 0 Å². The van der Waals surface area contributed by atoms with E-state index in [1.54, 1.807) is 7.11 Å². The molecule has 0 saturated heterocycles. The number of nitrogens with one attached hydrogen (secondary N) is 1. The molecule has 112 valence electrons. The molecule has 0 spiro atoms. The number of methoxy groups -OCH3 is 1. The van der Waals surface area contributed by atoms with E-state index in [0.29, 0.717) is 0 Å². The van der Waals surface area contributed by atoms with E-state index in [2.05, 4.69) is 53.1 Å². The molecule has 0 bridgehead atoms. The molecule has 0 unspecified atom stereocenters. The van der Waals surface area contributed by atoms with Crippen molar-refractivity contribution in [3.8, 4) is 17.2 Å². The van der Waals surface area contributed by atoms with Gasteiger partial charge in [0.1, 0.15) is 17.2 Å². The van der Waals surface area contributed by atoms with Crippen LogP contribution in [0.5, 0.6) is 17.2 Å². The molecule has 0 aliphatic carbocycles. The molecular weight excluding hydrogens is 466 g/mol. The highest BCUT2D eigenvalue weighted by Crippen LogP contribution is 2.38. The number of halogens is 3. The molecule has 2 rings (SSSR count). The fourth-order valence-corrected chi connectivity index (χ4v) is 3.18. The molecule has 6 heteroatoms. The zero-order chi connectivity index (χ0) is 15.4. The molecule has 0 aliphatic heterocycles. The highest BCUT2D eigenvalue weighted by molar-refractivity contribution is 9.11. The summed E-state index contributed by atoms with van der Waals surface area (Å²) >= 11 is 10.5. The first-order chi connectivity index (χ1) is 10.0. The average Bonchev–Trinajstić information content (AvgIpc) is 2.45. The van der Waals surface area contributed by atoms with Gasteiger partial charge in [-0.3, -0.25) is 0 Å². The molecule has 21 heavy (non-hydrogen) atoms. The summed E-state index contributed by atoms with van der Waals surface area (Å²) in [7, 11) is 3.55. The standard InChI is InChI=1S/C15H14Br3NO2/c1-19-8-9-3-4-10(5-11(9)16)21-15-7-12(17)14(20-2)6-13(15)18/h3-7,19H,8H2,1-2H3. The maximum absolute atomic E-state index is 5.92. The third kappa shape index (κ3) is 4.22. The van der Waals surface area contributed by atoms with Crippen molar-refractivity contribution in [1.29, 1.82) is 0 Å². The van der Waals surface area contributed by atoms with E-state index in [4.69, 9.17) is 9.47 Å². The van der Waals surface area contributed by atoms with Gasteiger partial charge in [-0.1, -0.05) is 22.0 Å². The molecule has 2 aromatic rings. The second kappa shape index (κ2) is 7.63. The highest BCUT2D eigenvalue weighted by atomic mass is 79.9. The molecule has 0 fully saturated rings. The van der Waals surface area contributed by atoms with Gasteiger partial charge in [-0.25, -0.2) is 0 Å². The zero-order valence-electron chi connectivity index (χ0n) is 11.5. The van der Waals surface area contributed by atoms with Crippen LogP contribution in [-0.2, 0) is 6.54 Å². The molecule has 3 nitrogen and oxygen atoms in total. The molecule has 0 aromatic heterocycles. The van der Waals surface area contributed by atoms with E-state index in [1.807, 2.05) is 37.4 Å². The summed E-state index contributed by atoms with van der Waals surface area (Å²) < 4.78 is 13.9. The molecule has 0 heterocycles. The first kappa shape index (κ1) is 16.8. The van der Waals surface area contributed by atoms with Crippen molar-refractivity contribution in [2.45, 2.75) is 6.54 Å². The fourth-order valence-electron chi connectivity index (χ4n) is 1.80. The summed E-state index contributed by atoms with van der Waals surface area (Å²) in [5.41, 5.74) is 1.18. The van der Waals surface area contributed by atoms with Gasteiger partial charge in [-0.2, -0.15) is 0 Å². The summed E-state index contributed by atoms with van der Waals surface area (Å²) in [4.78, 5) is 0. The number of rotatable bonds is 5. The van der Waals surface area contributed by atoms with Crippen molar-refractivity contribution < 1.29 is 9.47 Å². The molecule has 0 saturated carbocycles. The second-order valence-corrected chi connectivity index (χ2v) is 6.87. The lowest BCUT2D eigenvalue weighted by Gasteiger charge is -2.12. The monoisotopic (exact) mass is 477 g/mol. The summed E-state index contributed by atoms with van der Waals surface area (Å²) in [6.07, 6.45) is 0. The van der Waals surface area contributed by atoms with Gasteiger partial charge in [0.25, 0.3) is 0 Å². The van der Waals surface area contributed by atoms with Crippen LogP contribution in [0, 0.1) is 0 Å². The lowest BCUT2D eigenvalue weighted by Crippen LogP contribution is -2.05. The van der Waals surface area contributed by atoms with Crippen LogP contribution in [0.3, 0.4) is 0 Å². The van der Waals surface area contributed by atoms with E-state index in [9.17, 15) is 0 Å². The molecule has 0 radical (unpaired) electrons. The minimum absolute atomic E-state index is 0.718. The van der Waals surface area contributed by atoms with Gasteiger partial charge < -0.3 is 14.8 Å². The Bertz CT molecular complexity index is 647. The van der Waals surface area contributed by atoms with E-state index in [-0.39, 0.29) is 0 Å². The summed E-state index contributed by atoms with van der Waals surface area (Å²) in [6, 6.07) is 9.67. The fraction of sp³-hybridized carbons (Fsp3) is 0.200. The van der Waals surface area contributed by atoms with Crippen molar-refractivity contribution >= 4 is 47.8 Å². The van der Waals surface area contributed by atoms with Crippen LogP contribution in [0.2, 0.25) is 0 Å². The van der Waals surface area contributed by atoms with Crippen LogP contribution in [0.4, 0.5) is 0 Å². The number of hydrogen-bond donors (Lipinski definition) is 1. The Kier molecular flexibility index (Phi) is 6.10. The minimum atomic E-state index is 0.718. The SMILES string of the molecule is CNCc1ccc(Oc2cc(Br)c(OC)cc2Br)cc1Br. The van der Waals surface area contributed by atoms with Crippen LogP contribution >= 0.6 is 47.8 Å². The summed E-state index contributed by atoms with van der Waals surface area (Å²) in [5, 5.41) is 3.12. The Morgan fingerprint density at radius 3 is 2.24 bits per heavy atom. The molecule has 0 amide bonds. The van der Waals surface area contributed by atoms with Crippen molar-refractivity contribution in [2.75, 3.05) is 14.2 Å². The maximum Gasteiger partial charge on any atom is 0.143 e. The lowest BCUT2D eigenvalue weighted by molar-refractivity contribution is 0.409. The predicted octanol–water partition coefficient (Wildman–Crippen LogP) is 5.49. The van der Waals surface area contributed by atoms with Gasteiger partial charge in [0.05, 0.1) is 16.1 Å². The van der Waals surface area contributed by atoms with Crippen LogP contribution in [0.1, 0.15) is 5.56 Å². The average molecular weight is 480 g/mol. The van der Waals surface area contributed by atoms with Gasteiger partial charge in [0, 0.05) is 11.0 Å². The van der Waals surface area contributed by atoms with Crippen molar-refractivity contribution in [2.24, 2.45) is 0 Å². The largest absolute Gasteiger partial charge is 0.496 e. The molecular formula is C15H14Br3NO2. The van der Waals surface area contributed by atoms with Crippen LogP contribution in [-0.4, -0.2) is 14.2 Å². The quantitative estimate of drug-likeness (QED) is 0.614. The molecule has 2 aromatic carbocycles. The second-order valence-electron chi connectivity index (χ2n) is 4.30. The van der Waals surface area contributed by atoms with Crippen LogP contribution in [0.25, 0.3) is 0 Å². The third-order valence-corrected chi connectivity index (χ3v) is 4.80. The highest BCUT2D eigenvalue weighted by Gasteiger charge is 2.10. The Morgan fingerprint density at radius 1 is 0.952 bits per heavy atom.